The van der Waals surface area contributed by atoms with Crippen LogP contribution in [0.3, 0.4) is 0 Å². The van der Waals surface area contributed by atoms with E-state index < -0.39 is 0 Å². The van der Waals surface area contributed by atoms with Gasteiger partial charge in [0, 0.05) is 44.3 Å². The first kappa shape index (κ1) is 28.1. The first-order valence-electron chi connectivity index (χ1n) is 15.6. The molecule has 2 saturated carbocycles. The summed E-state index contributed by atoms with van der Waals surface area (Å²) in [6.45, 7) is 7.08. The van der Waals surface area contributed by atoms with E-state index in [4.69, 9.17) is 10.7 Å². The minimum Gasteiger partial charge on any atom is -0.383 e. The van der Waals surface area contributed by atoms with E-state index in [1.165, 1.54) is 76.3 Å². The Balaban J connectivity index is 0.994. The predicted octanol–water partition coefficient (Wildman–Crippen LogP) is 4.33. The van der Waals surface area contributed by atoms with Gasteiger partial charge in [-0.2, -0.15) is 9.97 Å². The lowest BCUT2D eigenvalue weighted by molar-refractivity contribution is 0.275. The van der Waals surface area contributed by atoms with Crippen molar-refractivity contribution < 1.29 is 0 Å². The van der Waals surface area contributed by atoms with Gasteiger partial charge in [0.15, 0.2) is 0 Å². The van der Waals surface area contributed by atoms with E-state index >= 15 is 0 Å². The number of nitrogens with one attached hydrogen (secondary N) is 4. The van der Waals surface area contributed by atoms with Crippen LogP contribution in [0.15, 0.2) is 36.4 Å². The molecule has 1 unspecified atom stereocenters. The van der Waals surface area contributed by atoms with Crippen LogP contribution in [-0.4, -0.2) is 61.8 Å². The van der Waals surface area contributed by atoms with Crippen molar-refractivity contribution in [3.05, 3.63) is 42.0 Å². The van der Waals surface area contributed by atoms with Crippen LogP contribution in [0, 0.1) is 11.8 Å². The van der Waals surface area contributed by atoms with Gasteiger partial charge in [0.1, 0.15) is 11.6 Å². The summed E-state index contributed by atoms with van der Waals surface area (Å²) in [5, 5.41) is 14.6. The number of piperazine rings is 1. The number of nitrogens with two attached hydrogens (primary N) is 1. The number of rotatable bonds is 12. The average molecular weight is 535 g/mol. The molecule has 0 radical (unpaired) electrons. The zero-order valence-corrected chi connectivity index (χ0v) is 23.7. The monoisotopic (exact) mass is 534 g/mol. The summed E-state index contributed by atoms with van der Waals surface area (Å²) in [4.78, 5) is 11.7. The number of benzene rings is 1. The molecule has 1 saturated heterocycles. The van der Waals surface area contributed by atoms with Gasteiger partial charge < -0.3 is 31.9 Å². The SMILES string of the molecule is Nc1cc(N2CCNC(c3ccccc3)C2)nc(NC[C@H]2CC[C@H](CNCCCNC3CCCCC3)CC2)n1. The number of hydrogen-bond acceptors (Lipinski definition) is 8. The molecule has 1 aliphatic heterocycles. The van der Waals surface area contributed by atoms with Crippen LogP contribution in [-0.2, 0) is 0 Å². The maximum atomic E-state index is 6.21. The molecule has 214 valence electrons. The molecule has 2 heterocycles. The van der Waals surface area contributed by atoms with Gasteiger partial charge in [-0.1, -0.05) is 49.6 Å². The quantitative estimate of drug-likeness (QED) is 0.257. The number of hydrogen-bond donors (Lipinski definition) is 5. The Morgan fingerprint density at radius 3 is 2.46 bits per heavy atom. The predicted molar refractivity (Wildman–Crippen MR) is 162 cm³/mol. The van der Waals surface area contributed by atoms with Crippen molar-refractivity contribution in [2.24, 2.45) is 11.8 Å². The Labute approximate surface area is 235 Å². The molecule has 0 spiro atoms. The van der Waals surface area contributed by atoms with Crippen molar-refractivity contribution in [1.82, 2.24) is 25.9 Å². The molecule has 3 aliphatic rings. The summed E-state index contributed by atoms with van der Waals surface area (Å²) in [6.07, 6.45) is 13.4. The molecule has 39 heavy (non-hydrogen) atoms. The Kier molecular flexibility index (Phi) is 10.7. The molecule has 0 bridgehead atoms. The van der Waals surface area contributed by atoms with Crippen LogP contribution in [0.4, 0.5) is 17.6 Å². The Hall–Kier alpha value is -2.42. The fourth-order valence-electron chi connectivity index (χ4n) is 6.57. The number of nitrogen functional groups attached to an aromatic ring is 1. The molecule has 1 aromatic carbocycles. The van der Waals surface area contributed by atoms with Gasteiger partial charge >= 0.3 is 0 Å². The molecule has 1 aromatic heterocycles. The highest BCUT2D eigenvalue weighted by atomic mass is 15.3. The van der Waals surface area contributed by atoms with Crippen LogP contribution < -0.4 is 31.9 Å². The van der Waals surface area contributed by atoms with E-state index in [0.717, 1.165) is 57.0 Å². The highest BCUT2D eigenvalue weighted by Crippen LogP contribution is 2.29. The van der Waals surface area contributed by atoms with E-state index in [0.29, 0.717) is 17.7 Å². The fraction of sp³-hybridized carbons (Fsp3) is 0.677. The first-order chi connectivity index (χ1) is 19.2. The van der Waals surface area contributed by atoms with Gasteiger partial charge in [-0.15, -0.1) is 0 Å². The fourth-order valence-corrected chi connectivity index (χ4v) is 6.57. The smallest absolute Gasteiger partial charge is 0.226 e. The normalized spacial score (nSPS) is 24.5. The first-order valence-corrected chi connectivity index (χ1v) is 15.6. The van der Waals surface area contributed by atoms with Crippen molar-refractivity contribution in [2.75, 3.05) is 61.8 Å². The highest BCUT2D eigenvalue weighted by molar-refractivity contribution is 5.52. The molecular formula is C31H50N8. The highest BCUT2D eigenvalue weighted by Gasteiger charge is 2.24. The molecule has 3 fully saturated rings. The molecule has 8 nitrogen and oxygen atoms in total. The van der Waals surface area contributed by atoms with Crippen LogP contribution in [0.2, 0.25) is 0 Å². The van der Waals surface area contributed by atoms with Gasteiger partial charge in [-0.3, -0.25) is 0 Å². The van der Waals surface area contributed by atoms with Crippen molar-refractivity contribution in [1.29, 1.82) is 0 Å². The topological polar surface area (TPSA) is 103 Å². The van der Waals surface area contributed by atoms with E-state index in [9.17, 15) is 0 Å². The second-order valence-electron chi connectivity index (χ2n) is 12.0. The van der Waals surface area contributed by atoms with Crippen LogP contribution in [0.1, 0.15) is 75.8 Å². The summed E-state index contributed by atoms with van der Waals surface area (Å²) in [7, 11) is 0. The van der Waals surface area contributed by atoms with Gasteiger partial charge in [-0.25, -0.2) is 0 Å². The third-order valence-electron chi connectivity index (χ3n) is 8.95. The Morgan fingerprint density at radius 1 is 0.897 bits per heavy atom. The van der Waals surface area contributed by atoms with Gasteiger partial charge in [0.05, 0.1) is 0 Å². The van der Waals surface area contributed by atoms with E-state index in [1.54, 1.807) is 0 Å². The zero-order chi connectivity index (χ0) is 26.7. The minimum absolute atomic E-state index is 0.287. The van der Waals surface area contributed by atoms with E-state index in [2.05, 4.69) is 61.5 Å². The van der Waals surface area contributed by atoms with Crippen molar-refractivity contribution in [2.45, 2.75) is 76.3 Å². The van der Waals surface area contributed by atoms with Crippen LogP contribution in [0.5, 0.6) is 0 Å². The van der Waals surface area contributed by atoms with E-state index in [-0.39, 0.29) is 6.04 Å². The number of nitrogens with zero attached hydrogens (tertiary/aromatic N) is 3. The lowest BCUT2D eigenvalue weighted by Crippen LogP contribution is -2.46. The summed E-state index contributed by atoms with van der Waals surface area (Å²) in [6, 6.07) is 13.6. The third-order valence-corrected chi connectivity index (χ3v) is 8.95. The van der Waals surface area contributed by atoms with Crippen molar-refractivity contribution in [3.63, 3.8) is 0 Å². The molecule has 1 atom stereocenters. The average Bonchev–Trinajstić information content (AvgIpc) is 2.99. The molecule has 5 rings (SSSR count). The lowest BCUT2D eigenvalue weighted by atomic mass is 9.82. The maximum absolute atomic E-state index is 6.21. The third kappa shape index (κ3) is 8.78. The maximum Gasteiger partial charge on any atom is 0.226 e. The standard InChI is InChI=1S/C31H50N8/c32-29-20-30(39-19-18-35-28(23-39)26-8-3-1-4-9-26)38-31(37-29)36-22-25-14-12-24(13-15-25)21-33-16-7-17-34-27-10-5-2-6-11-27/h1,3-4,8-9,20,24-25,27-28,33-35H,2,5-7,10-19,21-23H2,(H3,32,36,37,38)/t24-,25-,28?. The molecule has 2 aliphatic carbocycles. The number of anilines is 3. The van der Waals surface area contributed by atoms with Gasteiger partial charge in [0.2, 0.25) is 5.95 Å². The molecule has 8 heteroatoms. The summed E-state index contributed by atoms with van der Waals surface area (Å²) in [5.41, 5.74) is 7.51. The molecule has 0 amide bonds. The lowest BCUT2D eigenvalue weighted by Gasteiger charge is -2.35. The Morgan fingerprint density at radius 2 is 1.67 bits per heavy atom. The minimum atomic E-state index is 0.287. The van der Waals surface area contributed by atoms with Crippen LogP contribution >= 0.6 is 0 Å². The molecule has 6 N–H and O–H groups in total. The summed E-state index contributed by atoms with van der Waals surface area (Å²) < 4.78 is 0. The molecular weight excluding hydrogens is 484 g/mol. The van der Waals surface area contributed by atoms with Crippen molar-refractivity contribution in [3.8, 4) is 0 Å². The second-order valence-corrected chi connectivity index (χ2v) is 12.0. The van der Waals surface area contributed by atoms with Gasteiger partial charge in [0.25, 0.3) is 0 Å². The van der Waals surface area contributed by atoms with Gasteiger partial charge in [-0.05, 0) is 82.0 Å². The Bertz CT molecular complexity index is 972. The van der Waals surface area contributed by atoms with E-state index in [1.807, 2.05) is 6.07 Å². The zero-order valence-electron chi connectivity index (χ0n) is 23.7. The largest absolute Gasteiger partial charge is 0.383 e. The molecule has 2 aromatic rings. The van der Waals surface area contributed by atoms with Crippen LogP contribution in [0.25, 0.3) is 0 Å². The summed E-state index contributed by atoms with van der Waals surface area (Å²) >= 11 is 0. The summed E-state index contributed by atoms with van der Waals surface area (Å²) in [5.74, 6) is 3.59. The number of aromatic nitrogens is 2. The van der Waals surface area contributed by atoms with Crippen molar-refractivity contribution >= 4 is 17.6 Å². The second kappa shape index (κ2) is 14.8.